The van der Waals surface area contributed by atoms with Crippen molar-refractivity contribution in [2.75, 3.05) is 6.61 Å². The van der Waals surface area contributed by atoms with Crippen LogP contribution in [0.25, 0.3) is 0 Å². The van der Waals surface area contributed by atoms with Crippen LogP contribution in [-0.2, 0) is 4.79 Å². The normalized spacial score (nSPS) is 34.7. The van der Waals surface area contributed by atoms with E-state index in [4.69, 9.17) is 5.11 Å². The summed E-state index contributed by atoms with van der Waals surface area (Å²) in [6.07, 6.45) is 0.561. The molecule has 1 aliphatic heterocycles. The minimum atomic E-state index is -0.00231. The third-order valence-electron chi connectivity index (χ3n) is 1.74. The monoisotopic (exact) mass is 129 g/mol. The van der Waals surface area contributed by atoms with Gasteiger partial charge in [0.25, 0.3) is 0 Å². The molecule has 0 aromatic heterocycles. The topological polar surface area (TPSA) is 49.3 Å². The minimum Gasteiger partial charge on any atom is -0.394 e. The summed E-state index contributed by atoms with van der Waals surface area (Å²) in [6.45, 7) is 2.02. The van der Waals surface area contributed by atoms with E-state index in [2.05, 4.69) is 5.32 Å². The Balaban J connectivity index is 2.47. The van der Waals surface area contributed by atoms with E-state index in [0.717, 1.165) is 0 Å². The Morgan fingerprint density at radius 1 is 1.89 bits per heavy atom. The van der Waals surface area contributed by atoms with Gasteiger partial charge >= 0.3 is 0 Å². The molecule has 9 heavy (non-hydrogen) atoms. The predicted octanol–water partition coefficient (Wildman–Crippen LogP) is -0.497. The molecule has 3 nitrogen and oxygen atoms in total. The lowest BCUT2D eigenvalue weighted by molar-refractivity contribution is -0.119. The Bertz CT molecular complexity index is 124. The second-order valence-electron chi connectivity index (χ2n) is 2.54. The van der Waals surface area contributed by atoms with Crippen molar-refractivity contribution in [2.45, 2.75) is 19.4 Å². The average molecular weight is 129 g/mol. The van der Waals surface area contributed by atoms with Crippen LogP contribution in [0.2, 0.25) is 0 Å². The van der Waals surface area contributed by atoms with Crippen LogP contribution in [-0.4, -0.2) is 23.7 Å². The van der Waals surface area contributed by atoms with Gasteiger partial charge in [0.05, 0.1) is 12.6 Å². The maximum atomic E-state index is 10.6. The fourth-order valence-electron chi connectivity index (χ4n) is 1.07. The summed E-state index contributed by atoms with van der Waals surface area (Å²) in [7, 11) is 0. The zero-order chi connectivity index (χ0) is 6.85. The first-order valence-electron chi connectivity index (χ1n) is 3.14. The highest BCUT2D eigenvalue weighted by Gasteiger charge is 2.27. The van der Waals surface area contributed by atoms with E-state index in [1.807, 2.05) is 6.92 Å². The molecular weight excluding hydrogens is 118 g/mol. The van der Waals surface area contributed by atoms with E-state index in [1.54, 1.807) is 0 Å². The zero-order valence-electron chi connectivity index (χ0n) is 5.42. The van der Waals surface area contributed by atoms with Gasteiger partial charge < -0.3 is 10.4 Å². The number of carbonyl (C=O) groups excluding carboxylic acids is 1. The van der Waals surface area contributed by atoms with Gasteiger partial charge in [0.1, 0.15) is 0 Å². The molecule has 2 N–H and O–H groups in total. The number of hydrogen-bond donors (Lipinski definition) is 2. The summed E-state index contributed by atoms with van der Waals surface area (Å²) in [5.41, 5.74) is 0. The Morgan fingerprint density at radius 2 is 2.56 bits per heavy atom. The molecule has 1 aliphatic rings. The van der Waals surface area contributed by atoms with Crippen molar-refractivity contribution < 1.29 is 9.90 Å². The van der Waals surface area contributed by atoms with Crippen LogP contribution in [0.15, 0.2) is 0 Å². The average Bonchev–Trinajstić information content (AvgIpc) is 2.10. The van der Waals surface area contributed by atoms with Gasteiger partial charge in [-0.05, 0) is 5.92 Å². The first kappa shape index (κ1) is 6.55. The molecule has 0 saturated carbocycles. The molecule has 1 saturated heterocycles. The number of aliphatic hydroxyl groups excluding tert-OH is 1. The van der Waals surface area contributed by atoms with Crippen molar-refractivity contribution in [3.63, 3.8) is 0 Å². The SMILES string of the molecule is C[C@@H]1CC(=O)N[C@H]1CO. The van der Waals surface area contributed by atoms with Crippen LogP contribution in [0.1, 0.15) is 13.3 Å². The van der Waals surface area contributed by atoms with E-state index < -0.39 is 0 Å². The largest absolute Gasteiger partial charge is 0.394 e. The highest BCUT2D eigenvalue weighted by molar-refractivity contribution is 5.78. The van der Waals surface area contributed by atoms with Crippen molar-refractivity contribution >= 4 is 5.91 Å². The molecule has 0 bridgehead atoms. The molecule has 0 unspecified atom stereocenters. The van der Waals surface area contributed by atoms with Gasteiger partial charge in [0.15, 0.2) is 0 Å². The van der Waals surface area contributed by atoms with Crippen molar-refractivity contribution in [1.29, 1.82) is 0 Å². The number of amides is 1. The van der Waals surface area contributed by atoms with Crippen molar-refractivity contribution in [3.8, 4) is 0 Å². The quantitative estimate of drug-likeness (QED) is 0.501. The van der Waals surface area contributed by atoms with Gasteiger partial charge in [-0.1, -0.05) is 6.92 Å². The molecule has 1 rings (SSSR count). The molecule has 0 radical (unpaired) electrons. The smallest absolute Gasteiger partial charge is 0.220 e. The fraction of sp³-hybridized carbons (Fsp3) is 0.833. The second kappa shape index (κ2) is 2.35. The van der Waals surface area contributed by atoms with Gasteiger partial charge in [-0.3, -0.25) is 4.79 Å². The maximum absolute atomic E-state index is 10.6. The fourth-order valence-corrected chi connectivity index (χ4v) is 1.07. The molecule has 52 valence electrons. The Morgan fingerprint density at radius 3 is 2.78 bits per heavy atom. The number of carbonyl (C=O) groups is 1. The summed E-state index contributed by atoms with van der Waals surface area (Å²) in [5, 5.41) is 11.3. The summed E-state index contributed by atoms with van der Waals surface area (Å²) in [4.78, 5) is 10.6. The molecule has 0 aromatic rings. The highest BCUT2D eigenvalue weighted by atomic mass is 16.3. The lowest BCUT2D eigenvalue weighted by Crippen LogP contribution is -2.31. The maximum Gasteiger partial charge on any atom is 0.220 e. The van der Waals surface area contributed by atoms with E-state index in [1.165, 1.54) is 0 Å². The molecule has 1 heterocycles. The number of aliphatic hydroxyl groups is 1. The second-order valence-corrected chi connectivity index (χ2v) is 2.54. The molecule has 1 amide bonds. The Hall–Kier alpha value is -0.570. The molecule has 3 heteroatoms. The number of rotatable bonds is 1. The van der Waals surface area contributed by atoms with E-state index in [-0.39, 0.29) is 18.6 Å². The lowest BCUT2D eigenvalue weighted by Gasteiger charge is -2.09. The molecular formula is C6H11NO2. The lowest BCUT2D eigenvalue weighted by atomic mass is 10.0. The number of hydrogen-bond acceptors (Lipinski definition) is 2. The van der Waals surface area contributed by atoms with Crippen LogP contribution in [0, 0.1) is 5.92 Å². The molecule has 2 atom stereocenters. The first-order chi connectivity index (χ1) is 4.24. The summed E-state index contributed by atoms with van der Waals surface area (Å²) < 4.78 is 0. The molecule has 0 aliphatic carbocycles. The summed E-state index contributed by atoms with van der Waals surface area (Å²) in [6, 6.07) is -0.00231. The summed E-state index contributed by atoms with van der Waals surface area (Å²) >= 11 is 0. The van der Waals surface area contributed by atoms with Gasteiger partial charge in [-0.2, -0.15) is 0 Å². The van der Waals surface area contributed by atoms with Crippen LogP contribution in [0.4, 0.5) is 0 Å². The van der Waals surface area contributed by atoms with Gasteiger partial charge in [0, 0.05) is 6.42 Å². The third-order valence-corrected chi connectivity index (χ3v) is 1.74. The first-order valence-corrected chi connectivity index (χ1v) is 3.14. The van der Waals surface area contributed by atoms with Crippen molar-refractivity contribution in [2.24, 2.45) is 5.92 Å². The van der Waals surface area contributed by atoms with Crippen molar-refractivity contribution in [3.05, 3.63) is 0 Å². The van der Waals surface area contributed by atoms with Crippen LogP contribution >= 0.6 is 0 Å². The number of nitrogens with one attached hydrogen (secondary N) is 1. The Kier molecular flexibility index (Phi) is 1.71. The zero-order valence-corrected chi connectivity index (χ0v) is 5.42. The molecule has 0 aromatic carbocycles. The standard InChI is InChI=1S/C6H11NO2/c1-4-2-6(9)7-5(4)3-8/h4-5,8H,2-3H2,1H3,(H,7,9)/t4-,5+/m1/s1. The highest BCUT2D eigenvalue weighted by Crippen LogP contribution is 2.14. The van der Waals surface area contributed by atoms with Crippen molar-refractivity contribution in [1.82, 2.24) is 5.32 Å². The van der Waals surface area contributed by atoms with Gasteiger partial charge in [-0.15, -0.1) is 0 Å². The van der Waals surface area contributed by atoms with Crippen LogP contribution in [0.3, 0.4) is 0 Å². The van der Waals surface area contributed by atoms with Crippen LogP contribution < -0.4 is 5.32 Å². The van der Waals surface area contributed by atoms with Gasteiger partial charge in [-0.25, -0.2) is 0 Å². The molecule has 0 spiro atoms. The van der Waals surface area contributed by atoms with E-state index >= 15 is 0 Å². The third kappa shape index (κ3) is 1.21. The molecule has 1 fully saturated rings. The van der Waals surface area contributed by atoms with Crippen LogP contribution in [0.5, 0.6) is 0 Å². The van der Waals surface area contributed by atoms with E-state index in [0.29, 0.717) is 12.3 Å². The van der Waals surface area contributed by atoms with Gasteiger partial charge in [0.2, 0.25) is 5.91 Å². The Labute approximate surface area is 54.1 Å². The van der Waals surface area contributed by atoms with E-state index in [9.17, 15) is 4.79 Å². The minimum absolute atomic E-state index is 0.00231. The predicted molar refractivity (Wildman–Crippen MR) is 32.8 cm³/mol. The summed E-state index contributed by atoms with van der Waals surface area (Å²) in [5.74, 6) is 0.351.